The molecule has 1 saturated heterocycles. The standard InChI is InChI=1S/C24H23ClFN5O4/c1-3-22(32)30-20-9-16-19(10-21(20)34-7-6-31-11-14(2)35-23(33)12-31)27-13-28-24(16)29-15-4-5-18(26)17(25)8-15/h3-5,8-10,13-14H,1,6-7,11-12H2,2H3,(H,30,32)(H,27,28,29). The van der Waals surface area contributed by atoms with Crippen molar-refractivity contribution >= 4 is 51.6 Å². The van der Waals surface area contributed by atoms with Gasteiger partial charge in [0, 0.05) is 30.2 Å². The molecule has 1 fully saturated rings. The summed E-state index contributed by atoms with van der Waals surface area (Å²) < 4.78 is 24.6. The number of hydrogen-bond acceptors (Lipinski definition) is 8. The van der Waals surface area contributed by atoms with Gasteiger partial charge in [-0.2, -0.15) is 0 Å². The fourth-order valence-corrected chi connectivity index (χ4v) is 3.84. The number of esters is 1. The molecule has 9 nitrogen and oxygen atoms in total. The van der Waals surface area contributed by atoms with Crippen LogP contribution in [-0.4, -0.2) is 59.1 Å². The maximum atomic E-state index is 13.5. The highest BCUT2D eigenvalue weighted by Crippen LogP contribution is 2.34. The number of ether oxygens (including phenoxy) is 2. The minimum atomic E-state index is -0.531. The second-order valence-corrected chi connectivity index (χ2v) is 8.33. The molecule has 1 amide bonds. The van der Waals surface area contributed by atoms with Gasteiger partial charge in [0.05, 0.1) is 22.8 Å². The second-order valence-electron chi connectivity index (χ2n) is 7.92. The molecular weight excluding hydrogens is 477 g/mol. The van der Waals surface area contributed by atoms with Gasteiger partial charge in [-0.15, -0.1) is 0 Å². The highest BCUT2D eigenvalue weighted by atomic mass is 35.5. The number of carbonyl (C=O) groups excluding carboxylic acids is 2. The van der Waals surface area contributed by atoms with E-state index in [9.17, 15) is 14.0 Å². The molecule has 2 heterocycles. The van der Waals surface area contributed by atoms with Crippen molar-refractivity contribution in [1.82, 2.24) is 14.9 Å². The highest BCUT2D eigenvalue weighted by molar-refractivity contribution is 6.31. The maximum Gasteiger partial charge on any atom is 0.320 e. The van der Waals surface area contributed by atoms with Gasteiger partial charge in [-0.25, -0.2) is 14.4 Å². The van der Waals surface area contributed by atoms with E-state index in [0.717, 1.165) is 6.08 Å². The second kappa shape index (κ2) is 10.7. The molecule has 0 spiro atoms. The van der Waals surface area contributed by atoms with E-state index in [4.69, 9.17) is 21.1 Å². The number of rotatable bonds is 8. The quantitative estimate of drug-likeness (QED) is 0.355. The molecule has 1 unspecified atom stereocenters. The molecule has 4 rings (SSSR count). The molecule has 1 aliphatic rings. The molecule has 0 radical (unpaired) electrons. The lowest BCUT2D eigenvalue weighted by atomic mass is 10.1. The van der Waals surface area contributed by atoms with Crippen LogP contribution in [0.5, 0.6) is 5.75 Å². The van der Waals surface area contributed by atoms with Gasteiger partial charge in [-0.05, 0) is 37.3 Å². The first kappa shape index (κ1) is 24.4. The fraction of sp³-hybridized carbons (Fsp3) is 0.250. The fourth-order valence-electron chi connectivity index (χ4n) is 3.66. The average molecular weight is 500 g/mol. The summed E-state index contributed by atoms with van der Waals surface area (Å²) in [7, 11) is 0. The number of amides is 1. The summed E-state index contributed by atoms with van der Waals surface area (Å²) in [4.78, 5) is 34.3. The molecule has 35 heavy (non-hydrogen) atoms. The van der Waals surface area contributed by atoms with Crippen LogP contribution in [0.2, 0.25) is 5.02 Å². The van der Waals surface area contributed by atoms with Crippen molar-refractivity contribution in [3.8, 4) is 5.75 Å². The predicted octanol–water partition coefficient (Wildman–Crippen LogP) is 3.92. The molecule has 1 aliphatic heterocycles. The number of fused-ring (bicyclic) bond motifs is 1. The first-order valence-electron chi connectivity index (χ1n) is 10.8. The third-order valence-electron chi connectivity index (χ3n) is 5.23. The summed E-state index contributed by atoms with van der Waals surface area (Å²) >= 11 is 5.89. The van der Waals surface area contributed by atoms with Crippen LogP contribution < -0.4 is 15.4 Å². The minimum Gasteiger partial charge on any atom is -0.490 e. The van der Waals surface area contributed by atoms with Crippen LogP contribution in [0, 0.1) is 5.82 Å². The zero-order valence-corrected chi connectivity index (χ0v) is 19.6. The van der Waals surface area contributed by atoms with Gasteiger partial charge in [0.25, 0.3) is 0 Å². The van der Waals surface area contributed by atoms with Gasteiger partial charge in [0.1, 0.15) is 36.4 Å². The van der Waals surface area contributed by atoms with E-state index in [2.05, 4.69) is 27.2 Å². The van der Waals surface area contributed by atoms with E-state index in [1.54, 1.807) is 12.1 Å². The third kappa shape index (κ3) is 6.03. The summed E-state index contributed by atoms with van der Waals surface area (Å²) in [6.07, 6.45) is 2.34. The van der Waals surface area contributed by atoms with Gasteiger partial charge in [-0.3, -0.25) is 14.5 Å². The van der Waals surface area contributed by atoms with Crippen LogP contribution in [0.4, 0.5) is 21.6 Å². The highest BCUT2D eigenvalue weighted by Gasteiger charge is 2.23. The van der Waals surface area contributed by atoms with Crippen LogP contribution >= 0.6 is 11.6 Å². The molecule has 3 aromatic rings. The summed E-state index contributed by atoms with van der Waals surface area (Å²) in [6, 6.07) is 7.59. The number of cyclic esters (lactones) is 1. The Morgan fingerprint density at radius 1 is 1.37 bits per heavy atom. The Morgan fingerprint density at radius 3 is 2.94 bits per heavy atom. The number of morpholine rings is 1. The molecule has 0 saturated carbocycles. The normalized spacial score (nSPS) is 16.0. The number of halogens is 2. The Hall–Kier alpha value is -3.76. The molecule has 2 aromatic carbocycles. The molecule has 1 aromatic heterocycles. The SMILES string of the molecule is C=CC(=O)Nc1cc2c(Nc3ccc(F)c(Cl)c3)ncnc2cc1OCCN1CC(=O)OC(C)C1. The van der Waals surface area contributed by atoms with Crippen molar-refractivity contribution in [3.05, 3.63) is 60.2 Å². The number of anilines is 3. The maximum absolute atomic E-state index is 13.5. The van der Waals surface area contributed by atoms with Crippen LogP contribution in [-0.2, 0) is 14.3 Å². The number of aromatic nitrogens is 2. The zero-order valence-electron chi connectivity index (χ0n) is 18.9. The topological polar surface area (TPSA) is 106 Å². The largest absolute Gasteiger partial charge is 0.490 e. The van der Waals surface area contributed by atoms with Crippen molar-refractivity contribution in [2.75, 3.05) is 36.9 Å². The lowest BCUT2D eigenvalue weighted by Crippen LogP contribution is -2.45. The van der Waals surface area contributed by atoms with Crippen LogP contribution in [0.1, 0.15) is 6.92 Å². The van der Waals surface area contributed by atoms with Gasteiger partial charge < -0.3 is 20.1 Å². The molecule has 182 valence electrons. The van der Waals surface area contributed by atoms with Gasteiger partial charge in [-0.1, -0.05) is 18.2 Å². The molecule has 2 N–H and O–H groups in total. The van der Waals surface area contributed by atoms with Crippen molar-refractivity contribution in [1.29, 1.82) is 0 Å². The molecule has 0 bridgehead atoms. The summed E-state index contributed by atoms with van der Waals surface area (Å²) in [6.45, 7) is 6.90. The van der Waals surface area contributed by atoms with Crippen molar-refractivity contribution in [3.63, 3.8) is 0 Å². The van der Waals surface area contributed by atoms with E-state index in [1.807, 2.05) is 11.8 Å². The summed E-state index contributed by atoms with van der Waals surface area (Å²) in [5, 5.41) is 6.40. The van der Waals surface area contributed by atoms with Crippen molar-refractivity contribution < 1.29 is 23.5 Å². The van der Waals surface area contributed by atoms with Gasteiger partial charge in [0.15, 0.2) is 0 Å². The number of nitrogens with one attached hydrogen (secondary N) is 2. The average Bonchev–Trinajstić information content (AvgIpc) is 2.81. The van der Waals surface area contributed by atoms with Crippen molar-refractivity contribution in [2.45, 2.75) is 13.0 Å². The Kier molecular flexibility index (Phi) is 7.42. The van der Waals surface area contributed by atoms with Crippen molar-refractivity contribution in [2.24, 2.45) is 0 Å². The Balaban J connectivity index is 1.59. The third-order valence-corrected chi connectivity index (χ3v) is 5.52. The number of nitrogens with zero attached hydrogens (tertiary/aromatic N) is 3. The number of benzene rings is 2. The Morgan fingerprint density at radius 2 is 2.20 bits per heavy atom. The number of hydrogen-bond donors (Lipinski definition) is 2. The summed E-state index contributed by atoms with van der Waals surface area (Å²) in [5.74, 6) is -0.392. The molecule has 11 heteroatoms. The van der Waals surface area contributed by atoms with E-state index < -0.39 is 11.7 Å². The lowest BCUT2D eigenvalue weighted by molar-refractivity contribution is -0.157. The molecular formula is C24H23ClFN5O4. The zero-order chi connectivity index (χ0) is 24.9. The van der Waals surface area contributed by atoms with Crippen LogP contribution in [0.15, 0.2) is 49.3 Å². The van der Waals surface area contributed by atoms with Crippen LogP contribution in [0.3, 0.4) is 0 Å². The summed E-state index contributed by atoms with van der Waals surface area (Å²) in [5.41, 5.74) is 1.48. The van der Waals surface area contributed by atoms with Crippen LogP contribution in [0.25, 0.3) is 10.9 Å². The monoisotopic (exact) mass is 499 g/mol. The first-order chi connectivity index (χ1) is 16.8. The number of carbonyl (C=O) groups is 2. The smallest absolute Gasteiger partial charge is 0.320 e. The molecule has 0 aliphatic carbocycles. The Bertz CT molecular complexity index is 1290. The van der Waals surface area contributed by atoms with E-state index in [0.29, 0.717) is 46.9 Å². The minimum absolute atomic E-state index is 0.0284. The first-order valence-corrected chi connectivity index (χ1v) is 11.2. The van der Waals surface area contributed by atoms with Gasteiger partial charge in [0.2, 0.25) is 5.91 Å². The Labute approximate surface area is 205 Å². The predicted molar refractivity (Wildman–Crippen MR) is 131 cm³/mol. The van der Waals surface area contributed by atoms with E-state index in [-0.39, 0.29) is 30.2 Å². The van der Waals surface area contributed by atoms with E-state index in [1.165, 1.54) is 24.5 Å². The molecule has 1 atom stereocenters. The lowest BCUT2D eigenvalue weighted by Gasteiger charge is -2.30. The van der Waals surface area contributed by atoms with E-state index >= 15 is 0 Å². The van der Waals surface area contributed by atoms with Gasteiger partial charge >= 0.3 is 5.97 Å².